The van der Waals surface area contributed by atoms with Crippen LogP contribution in [0, 0.1) is 0 Å². The molecular formula is C15H15N5O2S. The van der Waals surface area contributed by atoms with Gasteiger partial charge in [-0.15, -0.1) is 0 Å². The molecular weight excluding hydrogens is 314 g/mol. The minimum absolute atomic E-state index is 0.115. The number of thiophene rings is 1. The van der Waals surface area contributed by atoms with E-state index < -0.39 is 5.60 Å². The highest BCUT2D eigenvalue weighted by atomic mass is 32.1. The summed E-state index contributed by atoms with van der Waals surface area (Å²) in [5.41, 5.74) is 0.102. The molecule has 8 heteroatoms. The number of pyridine rings is 1. The van der Waals surface area contributed by atoms with Crippen LogP contribution in [0.15, 0.2) is 47.8 Å². The van der Waals surface area contributed by atoms with Crippen LogP contribution < -0.4 is 5.32 Å². The van der Waals surface area contributed by atoms with Crippen molar-refractivity contribution in [3.8, 4) is 5.82 Å². The highest BCUT2D eigenvalue weighted by Gasteiger charge is 2.24. The van der Waals surface area contributed by atoms with Gasteiger partial charge in [-0.3, -0.25) is 4.79 Å². The summed E-state index contributed by atoms with van der Waals surface area (Å²) < 4.78 is 1.47. The van der Waals surface area contributed by atoms with Gasteiger partial charge in [-0.05, 0) is 41.4 Å². The number of carbonyl (C=O) groups excluding carboxylic acids is 1. The average molecular weight is 329 g/mol. The van der Waals surface area contributed by atoms with Gasteiger partial charge in [0.2, 0.25) is 0 Å². The minimum atomic E-state index is -1.11. The number of carbonyl (C=O) groups is 1. The zero-order valence-corrected chi connectivity index (χ0v) is 13.2. The summed E-state index contributed by atoms with van der Waals surface area (Å²) in [6.07, 6.45) is 4.43. The molecule has 0 aliphatic rings. The molecule has 1 atom stereocenters. The molecule has 2 N–H and O–H groups in total. The van der Waals surface area contributed by atoms with Gasteiger partial charge in [-0.2, -0.15) is 16.4 Å². The van der Waals surface area contributed by atoms with E-state index in [1.165, 1.54) is 34.9 Å². The van der Waals surface area contributed by atoms with E-state index in [9.17, 15) is 9.90 Å². The first-order chi connectivity index (χ1) is 11.1. The van der Waals surface area contributed by atoms with E-state index in [0.717, 1.165) is 5.56 Å². The predicted octanol–water partition coefficient (Wildman–Crippen LogP) is 1.36. The quantitative estimate of drug-likeness (QED) is 0.737. The van der Waals surface area contributed by atoms with Gasteiger partial charge in [-0.1, -0.05) is 0 Å². The molecule has 0 fully saturated rings. The lowest BCUT2D eigenvalue weighted by Crippen LogP contribution is -2.38. The van der Waals surface area contributed by atoms with E-state index in [1.54, 1.807) is 19.1 Å². The molecule has 0 bridgehead atoms. The van der Waals surface area contributed by atoms with E-state index in [1.807, 2.05) is 16.8 Å². The van der Waals surface area contributed by atoms with Crippen LogP contribution in [0.5, 0.6) is 0 Å². The molecule has 1 unspecified atom stereocenters. The summed E-state index contributed by atoms with van der Waals surface area (Å²) in [5.74, 6) is 0.212. The normalized spacial score (nSPS) is 13.5. The van der Waals surface area contributed by atoms with Crippen LogP contribution in [0.1, 0.15) is 22.8 Å². The predicted molar refractivity (Wildman–Crippen MR) is 85.4 cm³/mol. The molecule has 0 aliphatic heterocycles. The van der Waals surface area contributed by atoms with Crippen molar-refractivity contribution < 1.29 is 9.90 Å². The molecule has 0 saturated carbocycles. The Hall–Kier alpha value is -2.58. The Morgan fingerprint density at radius 1 is 1.48 bits per heavy atom. The lowest BCUT2D eigenvalue weighted by atomic mass is 9.99. The third kappa shape index (κ3) is 3.43. The van der Waals surface area contributed by atoms with Crippen molar-refractivity contribution in [3.05, 3.63) is 58.9 Å². The number of hydrogen-bond donors (Lipinski definition) is 2. The molecule has 23 heavy (non-hydrogen) atoms. The number of amides is 1. The number of rotatable bonds is 5. The van der Waals surface area contributed by atoms with Crippen LogP contribution in [0.3, 0.4) is 0 Å². The first-order valence-electron chi connectivity index (χ1n) is 6.90. The van der Waals surface area contributed by atoms with Crippen LogP contribution >= 0.6 is 11.3 Å². The summed E-state index contributed by atoms with van der Waals surface area (Å²) in [5, 5.41) is 20.9. The lowest BCUT2D eigenvalue weighted by molar-refractivity contribution is 0.0530. The van der Waals surface area contributed by atoms with Crippen molar-refractivity contribution in [1.29, 1.82) is 0 Å². The van der Waals surface area contributed by atoms with Crippen molar-refractivity contribution in [2.24, 2.45) is 0 Å². The van der Waals surface area contributed by atoms with Gasteiger partial charge in [0.15, 0.2) is 5.82 Å². The number of nitrogens with zero attached hydrogens (tertiary/aromatic N) is 4. The Morgan fingerprint density at radius 3 is 3.04 bits per heavy atom. The van der Waals surface area contributed by atoms with Crippen LogP contribution in [-0.2, 0) is 5.60 Å². The van der Waals surface area contributed by atoms with Crippen molar-refractivity contribution >= 4 is 17.2 Å². The van der Waals surface area contributed by atoms with E-state index in [0.29, 0.717) is 11.4 Å². The van der Waals surface area contributed by atoms with E-state index >= 15 is 0 Å². The summed E-state index contributed by atoms with van der Waals surface area (Å²) >= 11 is 1.50. The molecule has 7 nitrogen and oxygen atoms in total. The Kier molecular flexibility index (Phi) is 4.18. The lowest BCUT2D eigenvalue weighted by Gasteiger charge is -2.22. The van der Waals surface area contributed by atoms with Crippen LogP contribution in [0.2, 0.25) is 0 Å². The Morgan fingerprint density at radius 2 is 2.35 bits per heavy atom. The van der Waals surface area contributed by atoms with E-state index in [-0.39, 0.29) is 12.5 Å². The van der Waals surface area contributed by atoms with Gasteiger partial charge in [0.05, 0.1) is 6.54 Å². The highest BCUT2D eigenvalue weighted by Crippen LogP contribution is 2.22. The molecule has 0 radical (unpaired) electrons. The molecule has 3 heterocycles. The zero-order chi connectivity index (χ0) is 16.3. The Balaban J connectivity index is 1.70. The second-order valence-corrected chi connectivity index (χ2v) is 5.99. The number of aliphatic hydroxyl groups is 1. The van der Waals surface area contributed by atoms with Crippen molar-refractivity contribution in [2.75, 3.05) is 6.54 Å². The van der Waals surface area contributed by atoms with Crippen LogP contribution in [0.25, 0.3) is 5.82 Å². The van der Waals surface area contributed by atoms with Gasteiger partial charge >= 0.3 is 0 Å². The maximum atomic E-state index is 12.3. The summed E-state index contributed by atoms with van der Waals surface area (Å²) in [6, 6.07) is 5.06. The van der Waals surface area contributed by atoms with Crippen LogP contribution in [0.4, 0.5) is 0 Å². The molecule has 1 amide bonds. The molecule has 3 aromatic rings. The molecule has 0 saturated heterocycles. The van der Waals surface area contributed by atoms with Crippen molar-refractivity contribution in [2.45, 2.75) is 12.5 Å². The molecule has 0 aliphatic carbocycles. The Bertz CT molecular complexity index is 784. The fourth-order valence-corrected chi connectivity index (χ4v) is 2.82. The first-order valence-corrected chi connectivity index (χ1v) is 7.85. The number of nitrogens with one attached hydrogen (secondary N) is 1. The second kappa shape index (κ2) is 6.27. The average Bonchev–Trinajstić information content (AvgIpc) is 3.25. The third-order valence-electron chi connectivity index (χ3n) is 3.40. The van der Waals surface area contributed by atoms with Gasteiger partial charge in [0, 0.05) is 11.8 Å². The van der Waals surface area contributed by atoms with Crippen molar-refractivity contribution in [3.63, 3.8) is 0 Å². The minimum Gasteiger partial charge on any atom is -0.384 e. The van der Waals surface area contributed by atoms with Gasteiger partial charge < -0.3 is 10.4 Å². The molecule has 3 aromatic heterocycles. The van der Waals surface area contributed by atoms with Crippen molar-refractivity contribution in [1.82, 2.24) is 25.1 Å². The third-order valence-corrected chi connectivity index (χ3v) is 4.08. The number of hydrogen-bond acceptors (Lipinski definition) is 6. The monoisotopic (exact) mass is 329 g/mol. The highest BCUT2D eigenvalue weighted by molar-refractivity contribution is 7.08. The molecule has 118 valence electrons. The smallest absolute Gasteiger partial charge is 0.251 e. The Labute approximate surface area is 136 Å². The van der Waals surface area contributed by atoms with E-state index in [2.05, 4.69) is 20.4 Å². The summed E-state index contributed by atoms with van der Waals surface area (Å²) in [7, 11) is 0. The first kappa shape index (κ1) is 15.3. The van der Waals surface area contributed by atoms with Gasteiger partial charge in [-0.25, -0.2) is 14.6 Å². The van der Waals surface area contributed by atoms with Gasteiger partial charge in [0.25, 0.3) is 5.91 Å². The SMILES string of the molecule is CC(O)(CNC(=O)c1ccnc(-n2cncn2)c1)c1ccsc1. The maximum Gasteiger partial charge on any atom is 0.251 e. The van der Waals surface area contributed by atoms with Crippen LogP contribution in [-0.4, -0.2) is 37.3 Å². The van der Waals surface area contributed by atoms with E-state index in [4.69, 9.17) is 0 Å². The zero-order valence-electron chi connectivity index (χ0n) is 12.4. The molecule has 0 aromatic carbocycles. The molecule has 3 rings (SSSR count). The summed E-state index contributed by atoms with van der Waals surface area (Å²) in [4.78, 5) is 20.3. The standard InChI is InChI=1S/C15H15N5O2S/c1-15(22,12-3-5-23-7-12)8-18-14(21)11-2-4-17-13(6-11)20-10-16-9-19-20/h2-7,9-10,22H,8H2,1H3,(H,18,21). The molecule has 0 spiro atoms. The maximum absolute atomic E-state index is 12.3. The second-order valence-electron chi connectivity index (χ2n) is 5.21. The van der Waals surface area contributed by atoms with Gasteiger partial charge in [0.1, 0.15) is 18.3 Å². The summed E-state index contributed by atoms with van der Waals surface area (Å²) in [6.45, 7) is 1.78. The fraction of sp³-hybridized carbons (Fsp3) is 0.200. The largest absolute Gasteiger partial charge is 0.384 e. The fourth-order valence-electron chi connectivity index (χ4n) is 2.04. The number of aromatic nitrogens is 4. The topological polar surface area (TPSA) is 92.9 Å².